The molecule has 2 heteroatoms. The summed E-state index contributed by atoms with van der Waals surface area (Å²) in [5.41, 5.74) is 4.55. The van der Waals surface area contributed by atoms with E-state index in [1.807, 2.05) is 19.1 Å². The number of benzene rings is 2. The summed E-state index contributed by atoms with van der Waals surface area (Å²) in [7, 11) is 0. The molecule has 0 aliphatic rings. The Morgan fingerprint density at radius 1 is 0.950 bits per heavy atom. The van der Waals surface area contributed by atoms with E-state index in [1.165, 1.54) is 17.2 Å². The van der Waals surface area contributed by atoms with Gasteiger partial charge in [-0.2, -0.15) is 0 Å². The zero-order valence-electron chi connectivity index (χ0n) is 12.1. The molecule has 0 heterocycles. The molecular formula is C18H21FO. The van der Waals surface area contributed by atoms with Crippen molar-refractivity contribution < 1.29 is 9.50 Å². The van der Waals surface area contributed by atoms with Crippen molar-refractivity contribution in [3.05, 3.63) is 70.5 Å². The van der Waals surface area contributed by atoms with Crippen LogP contribution < -0.4 is 0 Å². The molecule has 0 radical (unpaired) electrons. The third-order valence-corrected chi connectivity index (χ3v) is 3.85. The molecule has 2 aromatic rings. The summed E-state index contributed by atoms with van der Waals surface area (Å²) in [5.74, 6) is -0.0882. The van der Waals surface area contributed by atoms with Gasteiger partial charge in [0.05, 0.1) is 0 Å². The number of aliphatic hydroxyl groups excluding tert-OH is 1. The third kappa shape index (κ3) is 3.67. The van der Waals surface area contributed by atoms with Crippen LogP contribution in [0.4, 0.5) is 4.39 Å². The van der Waals surface area contributed by atoms with Gasteiger partial charge >= 0.3 is 0 Å². The van der Waals surface area contributed by atoms with Gasteiger partial charge in [0, 0.05) is 6.61 Å². The van der Waals surface area contributed by atoms with E-state index >= 15 is 0 Å². The molecule has 0 spiro atoms. The summed E-state index contributed by atoms with van der Waals surface area (Å²) in [6.07, 6.45) is 1.52. The molecule has 2 rings (SSSR count). The lowest BCUT2D eigenvalue weighted by Gasteiger charge is -2.17. The second kappa shape index (κ2) is 6.67. The van der Waals surface area contributed by atoms with E-state index < -0.39 is 0 Å². The first-order valence-corrected chi connectivity index (χ1v) is 7.00. The average Bonchev–Trinajstić information content (AvgIpc) is 2.44. The molecular weight excluding hydrogens is 251 g/mol. The maximum absolute atomic E-state index is 13.3. The van der Waals surface area contributed by atoms with Crippen LogP contribution in [0.15, 0.2) is 42.5 Å². The quantitative estimate of drug-likeness (QED) is 0.877. The lowest BCUT2D eigenvalue weighted by molar-refractivity contribution is 0.224. The second-order valence-electron chi connectivity index (χ2n) is 5.45. The molecule has 106 valence electrons. The monoisotopic (exact) mass is 272 g/mol. The van der Waals surface area contributed by atoms with Crippen LogP contribution in [0.2, 0.25) is 0 Å². The number of hydrogen-bond donors (Lipinski definition) is 1. The van der Waals surface area contributed by atoms with Crippen LogP contribution in [0.5, 0.6) is 0 Å². The molecule has 0 saturated heterocycles. The van der Waals surface area contributed by atoms with E-state index in [0.29, 0.717) is 6.42 Å². The first-order valence-electron chi connectivity index (χ1n) is 7.00. The smallest absolute Gasteiger partial charge is 0.123 e. The van der Waals surface area contributed by atoms with Gasteiger partial charge in [-0.3, -0.25) is 0 Å². The van der Waals surface area contributed by atoms with Gasteiger partial charge in [-0.1, -0.05) is 30.3 Å². The second-order valence-corrected chi connectivity index (χ2v) is 5.45. The fourth-order valence-corrected chi connectivity index (χ4v) is 2.52. The summed E-state index contributed by atoms with van der Waals surface area (Å²) >= 11 is 0. The number of rotatable bonds is 5. The molecule has 1 unspecified atom stereocenters. The van der Waals surface area contributed by atoms with Gasteiger partial charge in [0.1, 0.15) is 5.82 Å². The maximum atomic E-state index is 13.3. The van der Waals surface area contributed by atoms with Crippen molar-refractivity contribution >= 4 is 0 Å². The predicted octanol–water partition coefficient (Wildman–Crippen LogP) is 3.84. The summed E-state index contributed by atoms with van der Waals surface area (Å²) in [5, 5.41) is 9.61. The van der Waals surface area contributed by atoms with Crippen LogP contribution in [0.25, 0.3) is 0 Å². The molecule has 0 bridgehead atoms. The highest BCUT2D eigenvalue weighted by atomic mass is 19.1. The standard InChI is InChI=1S/C18H21FO/c1-13-5-3-4-6-16(13)9-15(12-20)10-17-11-18(19)8-7-14(17)2/h3-8,11,15,20H,9-10,12H2,1-2H3. The third-order valence-electron chi connectivity index (χ3n) is 3.85. The number of hydrogen-bond acceptors (Lipinski definition) is 1. The van der Waals surface area contributed by atoms with Gasteiger partial charge in [-0.05, 0) is 67.0 Å². The fraction of sp³-hybridized carbons (Fsp3) is 0.333. The Morgan fingerprint density at radius 3 is 2.30 bits per heavy atom. The minimum absolute atomic E-state index is 0.115. The Bertz CT molecular complexity index is 577. The first-order chi connectivity index (χ1) is 9.60. The molecule has 0 fully saturated rings. The van der Waals surface area contributed by atoms with Crippen molar-refractivity contribution in [2.24, 2.45) is 5.92 Å². The summed E-state index contributed by atoms with van der Waals surface area (Å²) in [6, 6.07) is 13.1. The number of aryl methyl sites for hydroxylation is 2. The molecule has 1 nitrogen and oxygen atoms in total. The molecule has 1 atom stereocenters. The van der Waals surface area contributed by atoms with Crippen molar-refractivity contribution in [1.29, 1.82) is 0 Å². The summed E-state index contributed by atoms with van der Waals surface area (Å²) < 4.78 is 13.3. The van der Waals surface area contributed by atoms with Crippen molar-refractivity contribution in [3.63, 3.8) is 0 Å². The minimum Gasteiger partial charge on any atom is -0.396 e. The average molecular weight is 272 g/mol. The fourth-order valence-electron chi connectivity index (χ4n) is 2.52. The molecule has 0 saturated carbocycles. The minimum atomic E-state index is -0.210. The van der Waals surface area contributed by atoms with Crippen LogP contribution in [-0.2, 0) is 12.8 Å². The molecule has 0 aliphatic heterocycles. The van der Waals surface area contributed by atoms with Crippen molar-refractivity contribution in [3.8, 4) is 0 Å². The molecule has 1 N–H and O–H groups in total. The number of halogens is 1. The summed E-state index contributed by atoms with van der Waals surface area (Å²) in [4.78, 5) is 0. The van der Waals surface area contributed by atoms with E-state index in [0.717, 1.165) is 17.5 Å². The molecule has 0 amide bonds. The zero-order valence-corrected chi connectivity index (χ0v) is 12.1. The predicted molar refractivity (Wildman–Crippen MR) is 80.3 cm³/mol. The first kappa shape index (κ1) is 14.7. The van der Waals surface area contributed by atoms with Crippen LogP contribution in [0.3, 0.4) is 0 Å². The van der Waals surface area contributed by atoms with Crippen LogP contribution in [-0.4, -0.2) is 11.7 Å². The van der Waals surface area contributed by atoms with Gasteiger partial charge in [0.2, 0.25) is 0 Å². The highest BCUT2D eigenvalue weighted by Crippen LogP contribution is 2.20. The lowest BCUT2D eigenvalue weighted by atomic mass is 9.90. The highest BCUT2D eigenvalue weighted by Gasteiger charge is 2.13. The van der Waals surface area contributed by atoms with Crippen molar-refractivity contribution in [2.75, 3.05) is 6.61 Å². The van der Waals surface area contributed by atoms with Gasteiger partial charge in [-0.25, -0.2) is 4.39 Å². The van der Waals surface area contributed by atoms with Crippen LogP contribution in [0.1, 0.15) is 22.3 Å². The van der Waals surface area contributed by atoms with Gasteiger partial charge < -0.3 is 5.11 Å². The number of aliphatic hydroxyl groups is 1. The van der Waals surface area contributed by atoms with Crippen LogP contribution >= 0.6 is 0 Å². The molecule has 20 heavy (non-hydrogen) atoms. The highest BCUT2D eigenvalue weighted by molar-refractivity contribution is 5.29. The maximum Gasteiger partial charge on any atom is 0.123 e. The Morgan fingerprint density at radius 2 is 1.60 bits per heavy atom. The van der Waals surface area contributed by atoms with Gasteiger partial charge in [-0.15, -0.1) is 0 Å². The SMILES string of the molecule is Cc1ccccc1CC(CO)Cc1cc(F)ccc1C. The normalized spacial score (nSPS) is 12.4. The lowest BCUT2D eigenvalue weighted by Crippen LogP contribution is -2.14. The summed E-state index contributed by atoms with van der Waals surface area (Å²) in [6.45, 7) is 4.18. The van der Waals surface area contributed by atoms with Crippen molar-refractivity contribution in [1.82, 2.24) is 0 Å². The van der Waals surface area contributed by atoms with Crippen LogP contribution in [0, 0.1) is 25.6 Å². The Kier molecular flexibility index (Phi) is 4.91. The topological polar surface area (TPSA) is 20.2 Å². The van der Waals surface area contributed by atoms with E-state index in [-0.39, 0.29) is 18.3 Å². The molecule has 2 aromatic carbocycles. The Hall–Kier alpha value is -1.67. The van der Waals surface area contributed by atoms with Crippen molar-refractivity contribution in [2.45, 2.75) is 26.7 Å². The van der Waals surface area contributed by atoms with E-state index in [1.54, 1.807) is 12.1 Å². The Balaban J connectivity index is 2.13. The largest absolute Gasteiger partial charge is 0.396 e. The zero-order chi connectivity index (χ0) is 14.5. The van der Waals surface area contributed by atoms with Gasteiger partial charge in [0.25, 0.3) is 0 Å². The Labute approximate surface area is 120 Å². The molecule has 0 aromatic heterocycles. The van der Waals surface area contributed by atoms with E-state index in [2.05, 4.69) is 19.1 Å². The van der Waals surface area contributed by atoms with Gasteiger partial charge in [0.15, 0.2) is 0 Å². The van der Waals surface area contributed by atoms with E-state index in [4.69, 9.17) is 0 Å². The van der Waals surface area contributed by atoms with E-state index in [9.17, 15) is 9.50 Å². The molecule has 0 aliphatic carbocycles.